The van der Waals surface area contributed by atoms with Crippen molar-refractivity contribution >= 4 is 22.1 Å². The van der Waals surface area contributed by atoms with E-state index in [0.717, 1.165) is 93.3 Å². The standard InChI is InChI=1S/C43H45N5O2/c1-3-5-7-9-26-47-40-24-18-32(30-14-20-34(49)21-15-30)28-38(40)45-42(47)36-12-11-13-37(44-36)43-46-39-29-33(31-16-22-35(50)23-17-31)19-25-41(39)48(43)27-10-8-6-4-2/h11-25,28-29,49-50H,3-10,26-27H2,1-2H3. The van der Waals surface area contributed by atoms with Crippen molar-refractivity contribution < 1.29 is 10.2 Å². The van der Waals surface area contributed by atoms with Crippen LogP contribution in [0.3, 0.4) is 0 Å². The Labute approximate surface area is 293 Å². The third-order valence-electron chi connectivity index (χ3n) is 9.58. The lowest BCUT2D eigenvalue weighted by Gasteiger charge is -2.12. The highest BCUT2D eigenvalue weighted by molar-refractivity contribution is 5.87. The number of aromatic nitrogens is 5. The number of rotatable bonds is 14. The first-order chi connectivity index (χ1) is 24.5. The Morgan fingerprint density at radius 2 is 0.880 bits per heavy atom. The first-order valence-corrected chi connectivity index (χ1v) is 18.1. The molecule has 3 aromatic heterocycles. The third-order valence-corrected chi connectivity index (χ3v) is 9.58. The Kier molecular flexibility index (Phi) is 9.92. The van der Waals surface area contributed by atoms with E-state index < -0.39 is 0 Å². The van der Waals surface area contributed by atoms with E-state index in [1.165, 1.54) is 38.5 Å². The van der Waals surface area contributed by atoms with Gasteiger partial charge in [0.15, 0.2) is 11.6 Å². The van der Waals surface area contributed by atoms with Gasteiger partial charge in [0, 0.05) is 13.1 Å². The van der Waals surface area contributed by atoms with E-state index >= 15 is 0 Å². The summed E-state index contributed by atoms with van der Waals surface area (Å²) in [6.07, 6.45) is 9.28. The molecular formula is C43H45N5O2. The van der Waals surface area contributed by atoms with Gasteiger partial charge in [-0.3, -0.25) is 0 Å². The molecule has 0 aliphatic carbocycles. The van der Waals surface area contributed by atoms with Crippen LogP contribution in [0.5, 0.6) is 11.5 Å². The molecule has 4 aromatic carbocycles. The Hall–Kier alpha value is -5.43. The number of phenolic OH excluding ortho intramolecular Hbond substituents is 2. The molecule has 0 saturated carbocycles. The zero-order valence-corrected chi connectivity index (χ0v) is 29.0. The molecule has 0 spiro atoms. The van der Waals surface area contributed by atoms with Crippen molar-refractivity contribution in [1.29, 1.82) is 0 Å². The molecule has 0 saturated heterocycles. The molecule has 0 atom stereocenters. The number of nitrogens with zero attached hydrogens (tertiary/aromatic N) is 5. The molecule has 2 N–H and O–H groups in total. The number of hydrogen-bond acceptors (Lipinski definition) is 5. The first-order valence-electron chi connectivity index (χ1n) is 18.1. The van der Waals surface area contributed by atoms with E-state index in [1.54, 1.807) is 24.3 Å². The minimum absolute atomic E-state index is 0.256. The van der Waals surface area contributed by atoms with Gasteiger partial charge in [-0.05, 0) is 95.8 Å². The lowest BCUT2D eigenvalue weighted by molar-refractivity contribution is 0.475. The average molecular weight is 664 g/mol. The summed E-state index contributed by atoms with van der Waals surface area (Å²) in [5.74, 6) is 2.24. The molecular weight excluding hydrogens is 619 g/mol. The predicted octanol–water partition coefficient (Wildman–Crippen LogP) is 11.0. The van der Waals surface area contributed by atoms with Crippen molar-refractivity contribution in [2.24, 2.45) is 0 Å². The van der Waals surface area contributed by atoms with Crippen LogP contribution in [0.2, 0.25) is 0 Å². The second kappa shape index (κ2) is 15.0. The third kappa shape index (κ3) is 6.99. The van der Waals surface area contributed by atoms with Gasteiger partial charge >= 0.3 is 0 Å². The summed E-state index contributed by atoms with van der Waals surface area (Å²) in [4.78, 5) is 15.7. The van der Waals surface area contributed by atoms with Gasteiger partial charge in [0.2, 0.25) is 0 Å². The van der Waals surface area contributed by atoms with Crippen molar-refractivity contribution in [3.63, 3.8) is 0 Å². The van der Waals surface area contributed by atoms with Gasteiger partial charge < -0.3 is 19.3 Å². The number of aryl methyl sites for hydroxylation is 2. The van der Waals surface area contributed by atoms with Crippen molar-refractivity contribution in [2.75, 3.05) is 0 Å². The van der Waals surface area contributed by atoms with E-state index in [1.807, 2.05) is 24.3 Å². The Morgan fingerprint density at radius 3 is 1.30 bits per heavy atom. The summed E-state index contributed by atoms with van der Waals surface area (Å²) in [7, 11) is 0. The number of aromatic hydroxyl groups is 2. The van der Waals surface area contributed by atoms with E-state index in [2.05, 4.69) is 77.6 Å². The van der Waals surface area contributed by atoms with Crippen molar-refractivity contribution in [3.05, 3.63) is 103 Å². The SMILES string of the molecule is CCCCCCn1c(-c2cccc(-c3nc4cc(-c5ccc(O)cc5)ccc4n3CCCCCC)n2)nc2cc(-c3ccc(O)cc3)ccc21. The molecule has 0 aliphatic heterocycles. The fourth-order valence-electron chi connectivity index (χ4n) is 6.85. The van der Waals surface area contributed by atoms with E-state index in [-0.39, 0.29) is 11.5 Å². The van der Waals surface area contributed by atoms with Crippen LogP contribution >= 0.6 is 0 Å². The molecule has 0 bridgehead atoms. The minimum Gasteiger partial charge on any atom is -0.508 e. The van der Waals surface area contributed by atoms with Crippen LogP contribution in [-0.4, -0.2) is 34.3 Å². The molecule has 7 heteroatoms. The topological polar surface area (TPSA) is 89.0 Å². The summed E-state index contributed by atoms with van der Waals surface area (Å²) < 4.78 is 4.66. The summed E-state index contributed by atoms with van der Waals surface area (Å²) in [5, 5.41) is 19.6. The fourth-order valence-corrected chi connectivity index (χ4v) is 6.85. The molecule has 7 rings (SSSR count). The monoisotopic (exact) mass is 663 g/mol. The Balaban J connectivity index is 1.30. The van der Waals surface area contributed by atoms with Gasteiger partial charge in [0.1, 0.15) is 22.9 Å². The molecule has 3 heterocycles. The summed E-state index contributed by atoms with van der Waals surface area (Å²) in [6.45, 7) is 6.21. The number of phenols is 2. The molecule has 0 fully saturated rings. The van der Waals surface area contributed by atoms with Crippen LogP contribution in [-0.2, 0) is 13.1 Å². The molecule has 0 radical (unpaired) electrons. The molecule has 0 aliphatic rings. The van der Waals surface area contributed by atoms with E-state index in [9.17, 15) is 10.2 Å². The average Bonchev–Trinajstić information content (AvgIpc) is 3.70. The van der Waals surface area contributed by atoms with E-state index in [4.69, 9.17) is 15.0 Å². The number of unbranched alkanes of at least 4 members (excludes halogenated alkanes) is 6. The van der Waals surface area contributed by atoms with Gasteiger partial charge in [0.05, 0.1) is 22.1 Å². The second-order valence-corrected chi connectivity index (χ2v) is 13.2. The Bertz CT molecular complexity index is 2060. The lowest BCUT2D eigenvalue weighted by atomic mass is 10.1. The number of benzene rings is 4. The van der Waals surface area contributed by atoms with Crippen LogP contribution in [0.4, 0.5) is 0 Å². The van der Waals surface area contributed by atoms with Gasteiger partial charge in [-0.15, -0.1) is 0 Å². The van der Waals surface area contributed by atoms with Crippen LogP contribution in [0.1, 0.15) is 65.2 Å². The zero-order valence-electron chi connectivity index (χ0n) is 29.0. The van der Waals surface area contributed by atoms with Crippen molar-refractivity contribution in [3.8, 4) is 56.8 Å². The first kappa shape index (κ1) is 33.1. The van der Waals surface area contributed by atoms with E-state index in [0.29, 0.717) is 0 Å². The number of imidazole rings is 2. The molecule has 7 nitrogen and oxygen atoms in total. The van der Waals surface area contributed by atoms with Crippen LogP contribution in [0.25, 0.3) is 67.4 Å². The maximum absolute atomic E-state index is 9.82. The highest BCUT2D eigenvalue weighted by Crippen LogP contribution is 2.33. The Morgan fingerprint density at radius 1 is 0.460 bits per heavy atom. The highest BCUT2D eigenvalue weighted by atomic mass is 16.3. The smallest absolute Gasteiger partial charge is 0.159 e. The molecule has 0 unspecified atom stereocenters. The largest absolute Gasteiger partial charge is 0.508 e. The normalized spacial score (nSPS) is 11.6. The second-order valence-electron chi connectivity index (χ2n) is 13.2. The summed E-state index contributed by atoms with van der Waals surface area (Å²) in [5.41, 5.74) is 9.90. The van der Waals surface area contributed by atoms with Gasteiger partial charge in [-0.1, -0.05) is 94.8 Å². The van der Waals surface area contributed by atoms with Crippen LogP contribution in [0, 0.1) is 0 Å². The molecule has 7 aromatic rings. The lowest BCUT2D eigenvalue weighted by Crippen LogP contribution is -2.04. The van der Waals surface area contributed by atoms with Crippen LogP contribution in [0.15, 0.2) is 103 Å². The minimum atomic E-state index is 0.256. The molecule has 0 amide bonds. The maximum Gasteiger partial charge on any atom is 0.159 e. The van der Waals surface area contributed by atoms with Crippen LogP contribution < -0.4 is 0 Å². The van der Waals surface area contributed by atoms with Gasteiger partial charge in [-0.25, -0.2) is 15.0 Å². The van der Waals surface area contributed by atoms with Crippen molar-refractivity contribution in [2.45, 2.75) is 78.3 Å². The fraction of sp³-hybridized carbons (Fsp3) is 0.279. The van der Waals surface area contributed by atoms with Gasteiger partial charge in [0.25, 0.3) is 0 Å². The van der Waals surface area contributed by atoms with Crippen molar-refractivity contribution in [1.82, 2.24) is 24.1 Å². The number of hydrogen-bond donors (Lipinski definition) is 2. The molecule has 254 valence electrons. The predicted molar refractivity (Wildman–Crippen MR) is 204 cm³/mol. The maximum atomic E-state index is 9.82. The highest BCUT2D eigenvalue weighted by Gasteiger charge is 2.19. The summed E-state index contributed by atoms with van der Waals surface area (Å²) in [6, 6.07) is 33.7. The zero-order chi connectivity index (χ0) is 34.5. The molecule has 50 heavy (non-hydrogen) atoms. The number of fused-ring (bicyclic) bond motifs is 2. The quantitative estimate of drug-likeness (QED) is 0.113. The van der Waals surface area contributed by atoms with Gasteiger partial charge in [-0.2, -0.15) is 0 Å². The summed E-state index contributed by atoms with van der Waals surface area (Å²) >= 11 is 0. The number of pyridine rings is 1.